The van der Waals surface area contributed by atoms with Crippen LogP contribution in [0, 0.1) is 5.92 Å². The number of amides is 1. The molecule has 124 valence electrons. The lowest BCUT2D eigenvalue weighted by molar-refractivity contribution is 0.0950. The molecule has 0 aliphatic heterocycles. The van der Waals surface area contributed by atoms with Crippen LogP contribution < -0.4 is 11.1 Å². The van der Waals surface area contributed by atoms with E-state index in [1.807, 2.05) is 24.3 Å². The van der Waals surface area contributed by atoms with Gasteiger partial charge in [0.05, 0.1) is 18.3 Å². The zero-order valence-corrected chi connectivity index (χ0v) is 14.2. The van der Waals surface area contributed by atoms with Gasteiger partial charge in [0, 0.05) is 23.8 Å². The average molecular weight is 355 g/mol. The Balaban J connectivity index is 0.00000192. The molecule has 23 heavy (non-hydrogen) atoms. The van der Waals surface area contributed by atoms with Gasteiger partial charge in [-0.1, -0.05) is 29.8 Å². The zero-order chi connectivity index (χ0) is 15.5. The molecule has 1 unspecified atom stereocenters. The van der Waals surface area contributed by atoms with Crippen LogP contribution in [0.4, 0.5) is 0 Å². The van der Waals surface area contributed by atoms with Gasteiger partial charge in [0.15, 0.2) is 0 Å². The normalized spacial score (nSPS) is 14.9. The second kappa shape index (κ2) is 7.81. The second-order valence-electron chi connectivity index (χ2n) is 5.73. The Bertz CT molecular complexity index is 670. The van der Waals surface area contributed by atoms with Crippen LogP contribution in [0.5, 0.6) is 0 Å². The Labute approximate surface area is 146 Å². The first-order valence-electron chi connectivity index (χ1n) is 7.43. The van der Waals surface area contributed by atoms with Crippen molar-refractivity contribution in [2.75, 3.05) is 6.54 Å². The molecule has 1 fully saturated rings. The number of benzene rings is 1. The topological polar surface area (TPSA) is 72.9 Å². The third-order valence-electron chi connectivity index (χ3n) is 3.91. The van der Waals surface area contributed by atoms with Gasteiger partial charge >= 0.3 is 0 Å². The summed E-state index contributed by atoms with van der Waals surface area (Å²) in [5.74, 6) is 0.435. The van der Waals surface area contributed by atoms with Crippen molar-refractivity contribution in [2.45, 2.75) is 25.4 Å². The van der Waals surface area contributed by atoms with Crippen LogP contribution in [0.2, 0.25) is 5.02 Å². The highest BCUT2D eigenvalue weighted by atomic mass is 35.5. The Hall–Kier alpha value is -1.56. The van der Waals surface area contributed by atoms with Crippen molar-refractivity contribution >= 4 is 29.9 Å². The number of hydrogen-bond acceptors (Lipinski definition) is 3. The summed E-state index contributed by atoms with van der Waals surface area (Å²) >= 11 is 6.13. The highest BCUT2D eigenvalue weighted by Gasteiger charge is 2.28. The SMILES string of the molecule is Cl.NC(CNC(=O)c1cnn(Cc2ccccc2Cl)c1)C1CC1. The molecule has 2 aromatic rings. The number of nitrogens with zero attached hydrogens (tertiary/aromatic N) is 2. The maximum atomic E-state index is 12.1. The van der Waals surface area contributed by atoms with Crippen molar-refractivity contribution in [3.63, 3.8) is 0 Å². The van der Waals surface area contributed by atoms with Crippen molar-refractivity contribution in [3.05, 3.63) is 52.8 Å². The van der Waals surface area contributed by atoms with E-state index in [-0.39, 0.29) is 24.4 Å². The maximum absolute atomic E-state index is 12.1. The van der Waals surface area contributed by atoms with Crippen molar-refractivity contribution in [1.29, 1.82) is 0 Å². The maximum Gasteiger partial charge on any atom is 0.254 e. The Kier molecular flexibility index (Phi) is 6.04. The fraction of sp³-hybridized carbons (Fsp3) is 0.375. The fourth-order valence-electron chi connectivity index (χ4n) is 2.37. The number of carbonyl (C=O) groups excluding carboxylic acids is 1. The summed E-state index contributed by atoms with van der Waals surface area (Å²) in [7, 11) is 0. The second-order valence-corrected chi connectivity index (χ2v) is 6.14. The Morgan fingerprint density at radius 3 is 2.87 bits per heavy atom. The van der Waals surface area contributed by atoms with Gasteiger partial charge in [-0.2, -0.15) is 5.10 Å². The highest BCUT2D eigenvalue weighted by Crippen LogP contribution is 2.31. The third-order valence-corrected chi connectivity index (χ3v) is 4.28. The van der Waals surface area contributed by atoms with E-state index in [1.54, 1.807) is 17.1 Å². The Morgan fingerprint density at radius 2 is 2.17 bits per heavy atom. The van der Waals surface area contributed by atoms with Crippen LogP contribution in [-0.2, 0) is 6.54 Å². The molecule has 0 bridgehead atoms. The van der Waals surface area contributed by atoms with Gasteiger partial charge in [-0.05, 0) is 30.4 Å². The average Bonchev–Trinajstić information content (AvgIpc) is 3.26. The molecular formula is C16H20Cl2N4O. The van der Waals surface area contributed by atoms with E-state index in [4.69, 9.17) is 17.3 Å². The monoisotopic (exact) mass is 354 g/mol. The number of rotatable bonds is 6. The number of halogens is 2. The molecule has 1 aliphatic carbocycles. The smallest absolute Gasteiger partial charge is 0.254 e. The molecule has 1 atom stereocenters. The van der Waals surface area contributed by atoms with Gasteiger partial charge in [0.2, 0.25) is 0 Å². The zero-order valence-electron chi connectivity index (χ0n) is 12.6. The van der Waals surface area contributed by atoms with Gasteiger partial charge < -0.3 is 11.1 Å². The minimum atomic E-state index is -0.137. The van der Waals surface area contributed by atoms with Crippen LogP contribution in [0.1, 0.15) is 28.8 Å². The van der Waals surface area contributed by atoms with Crippen LogP contribution in [0.3, 0.4) is 0 Å². The molecule has 0 saturated heterocycles. The number of hydrogen-bond donors (Lipinski definition) is 2. The van der Waals surface area contributed by atoms with Crippen molar-refractivity contribution in [3.8, 4) is 0 Å². The first-order valence-corrected chi connectivity index (χ1v) is 7.81. The lowest BCUT2D eigenvalue weighted by atomic mass is 10.2. The quantitative estimate of drug-likeness (QED) is 0.836. The molecule has 1 amide bonds. The van der Waals surface area contributed by atoms with Gasteiger partial charge in [-0.25, -0.2) is 0 Å². The molecule has 7 heteroatoms. The molecule has 3 N–H and O–H groups in total. The first kappa shape index (κ1) is 17.8. The molecule has 0 radical (unpaired) electrons. The summed E-state index contributed by atoms with van der Waals surface area (Å²) in [6, 6.07) is 7.65. The molecule has 1 aromatic heterocycles. The summed E-state index contributed by atoms with van der Waals surface area (Å²) in [6.45, 7) is 1.05. The summed E-state index contributed by atoms with van der Waals surface area (Å²) in [5.41, 5.74) is 7.48. The first-order chi connectivity index (χ1) is 10.6. The summed E-state index contributed by atoms with van der Waals surface area (Å²) in [4.78, 5) is 12.1. The van der Waals surface area contributed by atoms with Crippen LogP contribution in [0.15, 0.2) is 36.7 Å². The number of carbonyl (C=O) groups is 1. The number of aromatic nitrogens is 2. The number of nitrogens with two attached hydrogens (primary N) is 1. The lowest BCUT2D eigenvalue weighted by Gasteiger charge is -2.10. The standard InChI is InChI=1S/C16H19ClN4O.ClH/c17-14-4-2-1-3-12(14)9-21-10-13(7-20-21)16(22)19-8-15(18)11-5-6-11;/h1-4,7,10-11,15H,5-6,8-9,18H2,(H,19,22);1H. The molecule has 1 aliphatic rings. The van der Waals surface area contributed by atoms with Gasteiger partial charge in [-0.3, -0.25) is 9.48 Å². The molecule has 1 heterocycles. The third kappa shape index (κ3) is 4.70. The highest BCUT2D eigenvalue weighted by molar-refractivity contribution is 6.31. The van der Waals surface area contributed by atoms with Crippen LogP contribution in [0.25, 0.3) is 0 Å². The van der Waals surface area contributed by atoms with Crippen LogP contribution >= 0.6 is 24.0 Å². The van der Waals surface area contributed by atoms with E-state index in [0.717, 1.165) is 5.56 Å². The molecule has 3 rings (SSSR count). The van der Waals surface area contributed by atoms with E-state index >= 15 is 0 Å². The predicted octanol–water partition coefficient (Wildman–Crippen LogP) is 2.47. The lowest BCUT2D eigenvalue weighted by Crippen LogP contribution is -2.38. The Morgan fingerprint density at radius 1 is 1.43 bits per heavy atom. The molecule has 5 nitrogen and oxygen atoms in total. The van der Waals surface area contributed by atoms with E-state index in [2.05, 4.69) is 10.4 Å². The minimum absolute atomic E-state index is 0. The predicted molar refractivity (Wildman–Crippen MR) is 93.1 cm³/mol. The van der Waals surface area contributed by atoms with Gasteiger partial charge in [0.25, 0.3) is 5.91 Å². The van der Waals surface area contributed by atoms with Crippen molar-refractivity contribution in [2.24, 2.45) is 11.7 Å². The van der Waals surface area contributed by atoms with Gasteiger partial charge in [-0.15, -0.1) is 12.4 Å². The van der Waals surface area contributed by atoms with E-state index < -0.39 is 0 Å². The van der Waals surface area contributed by atoms with Crippen molar-refractivity contribution < 1.29 is 4.79 Å². The van der Waals surface area contributed by atoms with E-state index in [9.17, 15) is 4.79 Å². The van der Waals surface area contributed by atoms with E-state index in [0.29, 0.717) is 29.6 Å². The summed E-state index contributed by atoms with van der Waals surface area (Å²) < 4.78 is 1.71. The summed E-state index contributed by atoms with van der Waals surface area (Å²) in [5, 5.41) is 7.77. The molecule has 0 spiro atoms. The van der Waals surface area contributed by atoms with Crippen molar-refractivity contribution in [1.82, 2.24) is 15.1 Å². The van der Waals surface area contributed by atoms with Crippen LogP contribution in [-0.4, -0.2) is 28.3 Å². The largest absolute Gasteiger partial charge is 0.350 e. The van der Waals surface area contributed by atoms with Gasteiger partial charge in [0.1, 0.15) is 0 Å². The minimum Gasteiger partial charge on any atom is -0.350 e. The van der Waals surface area contributed by atoms with E-state index in [1.165, 1.54) is 12.8 Å². The summed E-state index contributed by atoms with van der Waals surface area (Å²) in [6.07, 6.45) is 5.63. The molecular weight excluding hydrogens is 335 g/mol. The molecule has 1 aromatic carbocycles. The number of nitrogens with one attached hydrogen (secondary N) is 1. The molecule has 1 saturated carbocycles. The fourth-order valence-corrected chi connectivity index (χ4v) is 2.57.